The Balaban J connectivity index is 1.62. The van der Waals surface area contributed by atoms with Gasteiger partial charge < -0.3 is 20.4 Å². The Hall–Kier alpha value is -3.44. The fourth-order valence-electron chi connectivity index (χ4n) is 5.17. The van der Waals surface area contributed by atoms with Crippen LogP contribution in [0.5, 0.6) is 0 Å². The van der Waals surface area contributed by atoms with Gasteiger partial charge >= 0.3 is 5.69 Å². The van der Waals surface area contributed by atoms with Crippen LogP contribution in [0.2, 0.25) is 0 Å². The molecule has 0 radical (unpaired) electrons. The van der Waals surface area contributed by atoms with Crippen LogP contribution in [0.1, 0.15) is 37.4 Å². The quantitative estimate of drug-likeness (QED) is 0.510. The Morgan fingerprint density at radius 2 is 1.91 bits per heavy atom. The first-order valence-corrected chi connectivity index (χ1v) is 11.2. The molecule has 2 aromatic carbocycles. The summed E-state index contributed by atoms with van der Waals surface area (Å²) in [7, 11) is 0. The van der Waals surface area contributed by atoms with Crippen LogP contribution in [0.4, 0.5) is 13.2 Å². The largest absolute Gasteiger partial charge is 0.378 e. The van der Waals surface area contributed by atoms with E-state index in [0.29, 0.717) is 25.5 Å². The van der Waals surface area contributed by atoms with Crippen molar-refractivity contribution in [3.05, 3.63) is 80.3 Å². The van der Waals surface area contributed by atoms with Crippen LogP contribution in [-0.4, -0.2) is 40.3 Å². The predicted molar refractivity (Wildman–Crippen MR) is 120 cm³/mol. The second kappa shape index (κ2) is 8.65. The maximum Gasteiger partial charge on any atom is 0.329 e. The molecule has 184 valence electrons. The molecule has 3 N–H and O–H groups in total. The van der Waals surface area contributed by atoms with Crippen molar-refractivity contribution < 1.29 is 22.7 Å². The third-order valence-electron chi connectivity index (χ3n) is 6.82. The first-order chi connectivity index (χ1) is 16.7. The van der Waals surface area contributed by atoms with Crippen molar-refractivity contribution >= 4 is 16.8 Å². The monoisotopic (exact) mass is 488 g/mol. The molecule has 4 atom stereocenters. The molecule has 2 bridgehead atoms. The fraction of sp³-hybridized carbons (Fsp3) is 0.375. The van der Waals surface area contributed by atoms with Gasteiger partial charge in [0.25, 0.3) is 5.56 Å². The highest BCUT2D eigenvalue weighted by molar-refractivity contribution is 5.83. The maximum absolute atomic E-state index is 14.3. The Bertz CT molecular complexity index is 1430. The molecule has 0 spiro atoms. The zero-order valence-corrected chi connectivity index (χ0v) is 18.7. The average molecular weight is 488 g/mol. The third-order valence-corrected chi connectivity index (χ3v) is 6.82. The minimum atomic E-state index is -1.39. The number of halogens is 3. The van der Waals surface area contributed by atoms with Gasteiger partial charge in [0.1, 0.15) is 23.5 Å². The molecule has 0 aliphatic carbocycles. The number of aromatic nitrogens is 2. The molecule has 2 aliphatic heterocycles. The van der Waals surface area contributed by atoms with Gasteiger partial charge in [-0.1, -0.05) is 6.07 Å². The molecule has 3 aromatic rings. The zero-order chi connectivity index (χ0) is 24.9. The van der Waals surface area contributed by atoms with E-state index in [0.717, 1.165) is 22.8 Å². The van der Waals surface area contributed by atoms with Crippen LogP contribution in [0, 0.1) is 17.5 Å². The highest BCUT2D eigenvalue weighted by atomic mass is 19.1. The minimum absolute atomic E-state index is 0.0370. The number of rotatable bonds is 5. The summed E-state index contributed by atoms with van der Waals surface area (Å²) in [6.07, 6.45) is 1.09. The van der Waals surface area contributed by atoms with E-state index in [-0.39, 0.29) is 29.1 Å². The number of morpholine rings is 1. The molecule has 35 heavy (non-hydrogen) atoms. The van der Waals surface area contributed by atoms with Crippen molar-refractivity contribution in [3.63, 3.8) is 0 Å². The van der Waals surface area contributed by atoms with Gasteiger partial charge in [-0.05, 0) is 44.0 Å². The summed E-state index contributed by atoms with van der Waals surface area (Å²) in [5.41, 5.74) is -2.61. The van der Waals surface area contributed by atoms with E-state index in [2.05, 4.69) is 15.6 Å². The van der Waals surface area contributed by atoms with E-state index in [1.807, 2.05) is 0 Å². The maximum atomic E-state index is 14.3. The first kappa shape index (κ1) is 23.3. The van der Waals surface area contributed by atoms with Gasteiger partial charge in [-0.15, -0.1) is 0 Å². The predicted octanol–water partition coefficient (Wildman–Crippen LogP) is 2.05. The number of nitrogens with zero attached hydrogens (tertiary/aromatic N) is 1. The van der Waals surface area contributed by atoms with E-state index >= 15 is 0 Å². The molecule has 2 saturated heterocycles. The van der Waals surface area contributed by atoms with Gasteiger partial charge in [0.2, 0.25) is 5.91 Å². The van der Waals surface area contributed by atoms with Crippen molar-refractivity contribution in [3.8, 4) is 0 Å². The molecule has 0 saturated carbocycles. The van der Waals surface area contributed by atoms with Gasteiger partial charge in [-0.3, -0.25) is 9.59 Å². The molecule has 2 fully saturated rings. The summed E-state index contributed by atoms with van der Waals surface area (Å²) >= 11 is 0. The van der Waals surface area contributed by atoms with E-state index in [1.165, 1.54) is 19.1 Å². The van der Waals surface area contributed by atoms with Crippen LogP contribution in [-0.2, 0) is 9.53 Å². The minimum Gasteiger partial charge on any atom is -0.378 e. The molecular formula is C24H23F3N4O4. The van der Waals surface area contributed by atoms with Gasteiger partial charge in [-0.2, -0.15) is 0 Å². The van der Waals surface area contributed by atoms with Crippen LogP contribution in [0.3, 0.4) is 0 Å². The van der Waals surface area contributed by atoms with Crippen molar-refractivity contribution in [2.75, 3.05) is 13.2 Å². The third kappa shape index (κ3) is 4.04. The Kier molecular flexibility index (Phi) is 5.76. The molecule has 11 heteroatoms. The number of nitrogens with one attached hydrogen (secondary N) is 3. The highest BCUT2D eigenvalue weighted by Crippen LogP contribution is 2.37. The molecule has 2 aliphatic rings. The number of amides is 1. The second-order valence-corrected chi connectivity index (χ2v) is 9.15. The topological polar surface area (TPSA) is 105 Å². The summed E-state index contributed by atoms with van der Waals surface area (Å²) in [6.45, 7) is 1.98. The molecule has 8 nitrogen and oxygen atoms in total. The number of carbonyl (C=O) groups excluding carboxylic acids is 1. The van der Waals surface area contributed by atoms with Crippen molar-refractivity contribution in [1.29, 1.82) is 0 Å². The van der Waals surface area contributed by atoms with Crippen molar-refractivity contribution in [2.24, 2.45) is 0 Å². The standard InChI is InChI=1S/C24H23F3N4O4/c1-12(16-4-2-14(26)9-18(16)27)28-21(32)20(24-7-6-15(30-24)10-35-11-24)31-22(33)17-8-13(25)3-5-19(17)29-23(31)34/h2-5,8-9,12,15,20,30H,6-7,10-11H2,1H3,(H,28,32)(H,29,34)/t12-,15+,20-,24-/m0/s1. The number of fused-ring (bicyclic) bond motifs is 3. The number of ether oxygens (including phenoxy) is 1. The van der Waals surface area contributed by atoms with E-state index < -0.39 is 52.2 Å². The number of hydrogen-bond donors (Lipinski definition) is 3. The molecule has 3 heterocycles. The highest BCUT2D eigenvalue weighted by Gasteiger charge is 2.52. The number of carbonyl (C=O) groups is 1. The average Bonchev–Trinajstić information content (AvgIpc) is 3.10. The van der Waals surface area contributed by atoms with E-state index in [9.17, 15) is 27.6 Å². The lowest BCUT2D eigenvalue weighted by atomic mass is 9.87. The van der Waals surface area contributed by atoms with Gasteiger partial charge in [0.15, 0.2) is 0 Å². The first-order valence-electron chi connectivity index (χ1n) is 11.2. The molecule has 1 amide bonds. The molecule has 1 aromatic heterocycles. The molecule has 0 unspecified atom stereocenters. The van der Waals surface area contributed by atoms with Gasteiger partial charge in [0.05, 0.1) is 35.7 Å². The summed E-state index contributed by atoms with van der Waals surface area (Å²) in [4.78, 5) is 42.8. The summed E-state index contributed by atoms with van der Waals surface area (Å²) in [6, 6.07) is 4.02. The van der Waals surface area contributed by atoms with Crippen LogP contribution in [0.15, 0.2) is 46.0 Å². The number of hydrogen-bond acceptors (Lipinski definition) is 5. The lowest BCUT2D eigenvalue weighted by Crippen LogP contribution is -2.64. The van der Waals surface area contributed by atoms with Crippen molar-refractivity contribution in [2.45, 2.75) is 43.4 Å². The lowest BCUT2D eigenvalue weighted by Gasteiger charge is -2.40. The normalized spacial score (nSPS) is 23.3. The van der Waals surface area contributed by atoms with Gasteiger partial charge in [0, 0.05) is 17.7 Å². The molecular weight excluding hydrogens is 465 g/mol. The molecule has 5 rings (SSSR count). The summed E-state index contributed by atoms with van der Waals surface area (Å²) < 4.78 is 48.1. The van der Waals surface area contributed by atoms with Crippen LogP contribution < -0.4 is 21.9 Å². The Morgan fingerprint density at radius 1 is 1.17 bits per heavy atom. The zero-order valence-electron chi connectivity index (χ0n) is 18.7. The lowest BCUT2D eigenvalue weighted by molar-refractivity contribution is -0.130. The SMILES string of the molecule is C[C@H](NC(=O)[C@H](n1c(=O)[nH]c2ccc(F)cc2c1=O)[C@]12CC[C@H](COC1)N2)c1ccc(F)cc1F. The fourth-order valence-corrected chi connectivity index (χ4v) is 5.17. The number of aromatic amines is 1. The Morgan fingerprint density at radius 3 is 2.69 bits per heavy atom. The summed E-state index contributed by atoms with van der Waals surface area (Å²) in [5.74, 6) is -3.01. The van der Waals surface area contributed by atoms with Crippen LogP contribution in [0.25, 0.3) is 10.9 Å². The van der Waals surface area contributed by atoms with E-state index in [1.54, 1.807) is 0 Å². The van der Waals surface area contributed by atoms with Crippen LogP contribution >= 0.6 is 0 Å². The van der Waals surface area contributed by atoms with E-state index in [4.69, 9.17) is 4.74 Å². The Labute approximate surface area is 197 Å². The van der Waals surface area contributed by atoms with Gasteiger partial charge in [-0.25, -0.2) is 22.5 Å². The summed E-state index contributed by atoms with van der Waals surface area (Å²) in [5, 5.41) is 5.90. The smallest absolute Gasteiger partial charge is 0.329 e. The number of H-pyrrole nitrogens is 1. The van der Waals surface area contributed by atoms with Crippen molar-refractivity contribution in [1.82, 2.24) is 20.2 Å². The number of benzene rings is 2. The second-order valence-electron chi connectivity index (χ2n) is 9.15.